The van der Waals surface area contributed by atoms with Crippen LogP contribution in [0.1, 0.15) is 53.4 Å². The Morgan fingerprint density at radius 3 is 2.09 bits per heavy atom. The van der Waals surface area contributed by atoms with Crippen LogP contribution >= 0.6 is 0 Å². The highest BCUT2D eigenvalue weighted by Gasteiger charge is 2.22. The van der Waals surface area contributed by atoms with Crippen molar-refractivity contribution in [3.05, 3.63) is 0 Å². The summed E-state index contributed by atoms with van der Waals surface area (Å²) in [5.74, 6) is 0. The molecule has 0 aliphatic heterocycles. The second kappa shape index (κ2) is 4.76. The largest absolute Gasteiger partial charge is 0.233 e. The Balaban J connectivity index is 3.44. The maximum absolute atomic E-state index is 11.4. The zero-order chi connectivity index (χ0) is 8.91. The first-order valence-electron chi connectivity index (χ1n) is 4.64. The van der Waals surface area contributed by atoms with Crippen molar-refractivity contribution in [2.24, 2.45) is 5.41 Å². The summed E-state index contributed by atoms with van der Waals surface area (Å²) in [5.41, 5.74) is -0.0479. The van der Waals surface area contributed by atoms with Crippen LogP contribution in [0, 0.1) is 5.41 Å². The molecule has 11 heavy (non-hydrogen) atoms. The van der Waals surface area contributed by atoms with Crippen LogP contribution in [0.5, 0.6) is 0 Å². The van der Waals surface area contributed by atoms with Gasteiger partial charge in [-0.3, -0.25) is 0 Å². The van der Waals surface area contributed by atoms with Crippen LogP contribution in [0.4, 0.5) is 0 Å². The summed E-state index contributed by atoms with van der Waals surface area (Å²) in [6.07, 6.45) is 3.97. The first-order valence-corrected chi connectivity index (χ1v) is 4.64. The lowest BCUT2D eigenvalue weighted by molar-refractivity contribution is -0.00707. The van der Waals surface area contributed by atoms with Crippen LogP contribution in [-0.4, -0.2) is 6.10 Å². The molecule has 1 nitrogen and oxygen atoms in total. The molecule has 0 amide bonds. The molecule has 0 fully saturated rings. The van der Waals surface area contributed by atoms with Gasteiger partial charge in [0.2, 0.25) is 0 Å². The van der Waals surface area contributed by atoms with Gasteiger partial charge >= 0.3 is 0 Å². The molecule has 0 aromatic heterocycles. The minimum atomic E-state index is -0.381. The fourth-order valence-corrected chi connectivity index (χ4v) is 1.01. The highest BCUT2D eigenvalue weighted by Crippen LogP contribution is 2.23. The average Bonchev–Trinajstić information content (AvgIpc) is 1.86. The molecule has 0 spiro atoms. The van der Waals surface area contributed by atoms with Gasteiger partial charge in [0, 0.05) is 0 Å². The molecular formula is C10H21O. The topological polar surface area (TPSA) is 19.9 Å². The summed E-state index contributed by atoms with van der Waals surface area (Å²) in [4.78, 5) is 0. The third-order valence-corrected chi connectivity index (χ3v) is 2.04. The molecule has 0 heterocycles. The van der Waals surface area contributed by atoms with Crippen LogP contribution in [0.2, 0.25) is 0 Å². The van der Waals surface area contributed by atoms with Crippen LogP contribution in [0.15, 0.2) is 0 Å². The van der Waals surface area contributed by atoms with E-state index in [1.54, 1.807) is 0 Å². The molecule has 1 heteroatoms. The lowest BCUT2D eigenvalue weighted by Crippen LogP contribution is -2.24. The fraction of sp³-hybridized carbons (Fsp3) is 1.00. The van der Waals surface area contributed by atoms with Crippen molar-refractivity contribution < 1.29 is 5.11 Å². The van der Waals surface area contributed by atoms with E-state index in [0.29, 0.717) is 0 Å². The van der Waals surface area contributed by atoms with E-state index in [1.165, 1.54) is 12.8 Å². The zero-order valence-corrected chi connectivity index (χ0v) is 8.31. The highest BCUT2D eigenvalue weighted by atomic mass is 16.3. The summed E-state index contributed by atoms with van der Waals surface area (Å²) in [5, 5.41) is 11.4. The molecular weight excluding hydrogens is 136 g/mol. The Hall–Kier alpha value is -0.0400. The summed E-state index contributed by atoms with van der Waals surface area (Å²) >= 11 is 0. The Kier molecular flexibility index (Phi) is 4.74. The molecule has 0 aliphatic rings. The van der Waals surface area contributed by atoms with Gasteiger partial charge < -0.3 is 0 Å². The summed E-state index contributed by atoms with van der Waals surface area (Å²) in [6.45, 7) is 8.24. The lowest BCUT2D eigenvalue weighted by Gasteiger charge is -2.23. The standard InChI is InChI=1S/C10H21O/c1-5-6-7-8-9(11)10(2,3)4/h9H,5-8H2,1-4H3. The van der Waals surface area contributed by atoms with Gasteiger partial charge in [0.1, 0.15) is 0 Å². The number of hydrogen-bond acceptors (Lipinski definition) is 0. The molecule has 1 atom stereocenters. The quantitative estimate of drug-likeness (QED) is 0.557. The minimum absolute atomic E-state index is 0.0479. The summed E-state index contributed by atoms with van der Waals surface area (Å²) in [7, 11) is 0. The van der Waals surface area contributed by atoms with Gasteiger partial charge in [-0.1, -0.05) is 47.0 Å². The van der Waals surface area contributed by atoms with E-state index in [1.807, 2.05) is 20.8 Å². The molecule has 0 aromatic carbocycles. The smallest absolute Gasteiger partial charge is 0.0978 e. The van der Waals surface area contributed by atoms with Crippen molar-refractivity contribution in [3.8, 4) is 0 Å². The van der Waals surface area contributed by atoms with E-state index in [0.717, 1.165) is 12.8 Å². The molecule has 1 unspecified atom stereocenters. The molecule has 0 N–H and O–H groups in total. The number of rotatable bonds is 4. The van der Waals surface area contributed by atoms with E-state index in [2.05, 4.69) is 6.92 Å². The van der Waals surface area contributed by atoms with Crippen LogP contribution in [0.25, 0.3) is 0 Å². The van der Waals surface area contributed by atoms with Crippen molar-refractivity contribution >= 4 is 0 Å². The van der Waals surface area contributed by atoms with Crippen molar-refractivity contribution in [2.45, 2.75) is 59.5 Å². The van der Waals surface area contributed by atoms with Gasteiger partial charge in [-0.25, -0.2) is 5.11 Å². The Morgan fingerprint density at radius 1 is 1.18 bits per heavy atom. The predicted octanol–water partition coefficient (Wildman–Crippen LogP) is 3.41. The van der Waals surface area contributed by atoms with Gasteiger partial charge in [0.25, 0.3) is 0 Å². The number of hydrogen-bond donors (Lipinski definition) is 0. The molecule has 67 valence electrons. The molecule has 0 aliphatic carbocycles. The van der Waals surface area contributed by atoms with Gasteiger partial charge in [-0.05, 0) is 11.8 Å². The lowest BCUT2D eigenvalue weighted by atomic mass is 9.86. The molecule has 0 saturated heterocycles. The van der Waals surface area contributed by atoms with E-state index in [9.17, 15) is 5.11 Å². The summed E-state index contributed by atoms with van der Waals surface area (Å²) < 4.78 is 0. The monoisotopic (exact) mass is 157 g/mol. The Morgan fingerprint density at radius 2 is 1.73 bits per heavy atom. The highest BCUT2D eigenvalue weighted by molar-refractivity contribution is 4.71. The Bertz CT molecular complexity index is 91.5. The average molecular weight is 157 g/mol. The van der Waals surface area contributed by atoms with Gasteiger partial charge in [-0.2, -0.15) is 0 Å². The van der Waals surface area contributed by atoms with Crippen molar-refractivity contribution in [1.29, 1.82) is 0 Å². The molecule has 0 aromatic rings. The molecule has 0 bridgehead atoms. The van der Waals surface area contributed by atoms with E-state index in [4.69, 9.17) is 0 Å². The Labute approximate surface area is 70.8 Å². The SMILES string of the molecule is CCCCCC([O])C(C)(C)C. The first-order chi connectivity index (χ1) is 4.98. The summed E-state index contributed by atoms with van der Waals surface area (Å²) in [6, 6.07) is 0. The van der Waals surface area contributed by atoms with Crippen LogP contribution in [-0.2, 0) is 5.11 Å². The zero-order valence-electron chi connectivity index (χ0n) is 8.31. The first kappa shape index (κ1) is 11.0. The van der Waals surface area contributed by atoms with Crippen LogP contribution < -0.4 is 0 Å². The second-order valence-electron chi connectivity index (χ2n) is 4.35. The molecule has 0 saturated carbocycles. The van der Waals surface area contributed by atoms with Gasteiger partial charge in [0.15, 0.2) is 0 Å². The number of unbranched alkanes of at least 4 members (excludes halogenated alkanes) is 2. The van der Waals surface area contributed by atoms with E-state index >= 15 is 0 Å². The molecule has 0 rings (SSSR count). The third-order valence-electron chi connectivity index (χ3n) is 2.04. The van der Waals surface area contributed by atoms with Gasteiger partial charge in [0.05, 0.1) is 6.10 Å². The van der Waals surface area contributed by atoms with Crippen molar-refractivity contribution in [1.82, 2.24) is 0 Å². The third kappa shape index (κ3) is 5.25. The maximum atomic E-state index is 11.4. The second-order valence-corrected chi connectivity index (χ2v) is 4.35. The predicted molar refractivity (Wildman–Crippen MR) is 48.1 cm³/mol. The van der Waals surface area contributed by atoms with Crippen LogP contribution in [0.3, 0.4) is 0 Å². The minimum Gasteiger partial charge on any atom is -0.233 e. The van der Waals surface area contributed by atoms with Gasteiger partial charge in [-0.15, -0.1) is 0 Å². The van der Waals surface area contributed by atoms with E-state index < -0.39 is 0 Å². The normalized spacial score (nSPS) is 15.0. The maximum Gasteiger partial charge on any atom is 0.0978 e. The fourth-order valence-electron chi connectivity index (χ4n) is 1.01. The molecule has 1 radical (unpaired) electrons. The van der Waals surface area contributed by atoms with Crippen molar-refractivity contribution in [3.63, 3.8) is 0 Å². The van der Waals surface area contributed by atoms with E-state index in [-0.39, 0.29) is 11.5 Å². The van der Waals surface area contributed by atoms with Crippen molar-refractivity contribution in [2.75, 3.05) is 0 Å².